The fourth-order valence-electron chi connectivity index (χ4n) is 2.89. The summed E-state index contributed by atoms with van der Waals surface area (Å²) in [7, 11) is 0. The van der Waals surface area contributed by atoms with Crippen molar-refractivity contribution in [2.45, 2.75) is 31.9 Å². The first-order valence-corrected chi connectivity index (χ1v) is 8.90. The molecular formula is C18H25N5O3. The molecule has 1 atom stereocenters. The molecule has 3 N–H and O–H groups in total. The minimum atomic E-state index is -0.807. The fraction of sp³-hybridized carbons (Fsp3) is 0.500. The van der Waals surface area contributed by atoms with Gasteiger partial charge < -0.3 is 20.5 Å². The van der Waals surface area contributed by atoms with Crippen LogP contribution < -0.4 is 15.4 Å². The van der Waals surface area contributed by atoms with Crippen molar-refractivity contribution in [2.75, 3.05) is 26.2 Å². The van der Waals surface area contributed by atoms with E-state index in [0.29, 0.717) is 5.75 Å². The van der Waals surface area contributed by atoms with Crippen LogP contribution in [-0.2, 0) is 0 Å². The number of ether oxygens (including phenoxy) is 1. The van der Waals surface area contributed by atoms with Gasteiger partial charge in [0.1, 0.15) is 18.5 Å². The molecule has 8 nitrogen and oxygen atoms in total. The second-order valence-electron chi connectivity index (χ2n) is 6.56. The van der Waals surface area contributed by atoms with Gasteiger partial charge in [0.25, 0.3) is 5.91 Å². The number of nitrogens with one attached hydrogen (secondary N) is 2. The number of aromatic nitrogens is 3. The van der Waals surface area contributed by atoms with Crippen LogP contribution in [0.4, 0.5) is 0 Å². The topological polar surface area (TPSA) is 101 Å². The summed E-state index contributed by atoms with van der Waals surface area (Å²) in [6, 6.07) is 7.87. The zero-order valence-corrected chi connectivity index (χ0v) is 14.9. The van der Waals surface area contributed by atoms with Crippen LogP contribution in [-0.4, -0.2) is 58.4 Å². The van der Waals surface area contributed by atoms with Crippen molar-refractivity contribution in [1.29, 1.82) is 0 Å². The largest absolute Gasteiger partial charge is 0.491 e. The molecule has 2 heterocycles. The third kappa shape index (κ3) is 5.03. The van der Waals surface area contributed by atoms with Crippen molar-refractivity contribution < 1.29 is 14.6 Å². The van der Waals surface area contributed by atoms with Gasteiger partial charge in [0.15, 0.2) is 5.69 Å². The third-order valence-corrected chi connectivity index (χ3v) is 4.36. The Morgan fingerprint density at radius 1 is 1.46 bits per heavy atom. The quantitative estimate of drug-likeness (QED) is 0.672. The number of amides is 1. The highest BCUT2D eigenvalue weighted by molar-refractivity contribution is 5.91. The van der Waals surface area contributed by atoms with Crippen molar-refractivity contribution in [1.82, 2.24) is 25.6 Å². The maximum atomic E-state index is 12.2. The molecule has 0 aliphatic carbocycles. The molecule has 26 heavy (non-hydrogen) atoms. The molecule has 140 valence electrons. The van der Waals surface area contributed by atoms with Crippen molar-refractivity contribution in [3.63, 3.8) is 0 Å². The second-order valence-corrected chi connectivity index (χ2v) is 6.56. The van der Waals surface area contributed by atoms with Crippen LogP contribution in [0.25, 0.3) is 0 Å². The summed E-state index contributed by atoms with van der Waals surface area (Å²) in [5, 5.41) is 24.0. The fourth-order valence-corrected chi connectivity index (χ4v) is 2.89. The lowest BCUT2D eigenvalue weighted by atomic mass is 10.1. The monoisotopic (exact) mass is 359 g/mol. The Morgan fingerprint density at radius 2 is 2.27 bits per heavy atom. The van der Waals surface area contributed by atoms with E-state index >= 15 is 0 Å². The molecule has 0 saturated carbocycles. The SMILES string of the molecule is Cc1cccc(OCC(O)CNC(=O)c2cn(C3CCNCC3)nn2)c1. The molecule has 1 aliphatic rings. The Labute approximate surface area is 152 Å². The lowest BCUT2D eigenvalue weighted by Gasteiger charge is -2.22. The normalized spacial score (nSPS) is 16.2. The average Bonchev–Trinajstić information content (AvgIpc) is 3.15. The standard InChI is InChI=1S/C18H25N5O3/c1-13-3-2-4-16(9-13)26-12-15(24)10-20-18(25)17-11-23(22-21-17)14-5-7-19-8-6-14/h2-4,9,11,14-15,19,24H,5-8,10,12H2,1H3,(H,20,25). The minimum Gasteiger partial charge on any atom is -0.491 e. The van der Waals surface area contributed by atoms with Crippen LogP contribution >= 0.6 is 0 Å². The minimum absolute atomic E-state index is 0.0882. The Kier molecular flexibility index (Phi) is 6.19. The van der Waals surface area contributed by atoms with Gasteiger partial charge in [0, 0.05) is 6.54 Å². The van der Waals surface area contributed by atoms with E-state index in [9.17, 15) is 9.90 Å². The molecular weight excluding hydrogens is 334 g/mol. The smallest absolute Gasteiger partial charge is 0.273 e. The summed E-state index contributed by atoms with van der Waals surface area (Å²) in [6.45, 7) is 4.05. The zero-order chi connectivity index (χ0) is 18.4. The molecule has 3 rings (SSSR count). The van der Waals surface area contributed by atoms with Gasteiger partial charge in [-0.05, 0) is 50.6 Å². The van der Waals surface area contributed by atoms with E-state index in [1.807, 2.05) is 31.2 Å². The first-order chi connectivity index (χ1) is 12.6. The first-order valence-electron chi connectivity index (χ1n) is 8.90. The van der Waals surface area contributed by atoms with Crippen molar-refractivity contribution in [3.8, 4) is 5.75 Å². The molecule has 0 spiro atoms. The van der Waals surface area contributed by atoms with Gasteiger partial charge in [-0.15, -0.1) is 5.10 Å². The Balaban J connectivity index is 1.43. The highest BCUT2D eigenvalue weighted by atomic mass is 16.5. The van der Waals surface area contributed by atoms with E-state index in [-0.39, 0.29) is 30.8 Å². The van der Waals surface area contributed by atoms with Crippen LogP contribution in [0.15, 0.2) is 30.5 Å². The van der Waals surface area contributed by atoms with Crippen LogP contribution in [0.1, 0.15) is 34.9 Å². The molecule has 1 aromatic heterocycles. The molecule has 8 heteroatoms. The van der Waals surface area contributed by atoms with Crippen LogP contribution in [0, 0.1) is 6.92 Å². The van der Waals surface area contributed by atoms with E-state index in [4.69, 9.17) is 4.74 Å². The number of hydrogen-bond donors (Lipinski definition) is 3. The predicted molar refractivity (Wildman–Crippen MR) is 96.2 cm³/mol. The molecule has 1 fully saturated rings. The van der Waals surface area contributed by atoms with E-state index < -0.39 is 6.10 Å². The molecule has 1 amide bonds. The average molecular weight is 359 g/mol. The summed E-state index contributed by atoms with van der Waals surface area (Å²) < 4.78 is 7.29. The van der Waals surface area contributed by atoms with Crippen LogP contribution in [0.2, 0.25) is 0 Å². The molecule has 0 radical (unpaired) electrons. The van der Waals surface area contributed by atoms with E-state index in [1.54, 1.807) is 10.9 Å². The Morgan fingerprint density at radius 3 is 3.04 bits per heavy atom. The number of piperidine rings is 1. The molecule has 1 unspecified atom stereocenters. The molecule has 1 aliphatic heterocycles. The molecule has 2 aromatic rings. The van der Waals surface area contributed by atoms with Gasteiger partial charge in [-0.1, -0.05) is 17.3 Å². The van der Waals surface area contributed by atoms with Gasteiger partial charge in [0.05, 0.1) is 12.2 Å². The van der Waals surface area contributed by atoms with Crippen molar-refractivity contribution >= 4 is 5.91 Å². The number of aliphatic hydroxyl groups is 1. The van der Waals surface area contributed by atoms with E-state index in [1.165, 1.54) is 0 Å². The number of aryl methyl sites for hydroxylation is 1. The van der Waals surface area contributed by atoms with Crippen LogP contribution in [0.5, 0.6) is 5.75 Å². The zero-order valence-electron chi connectivity index (χ0n) is 14.9. The van der Waals surface area contributed by atoms with Gasteiger partial charge in [-0.2, -0.15) is 0 Å². The lowest BCUT2D eigenvalue weighted by Crippen LogP contribution is -2.35. The van der Waals surface area contributed by atoms with Crippen molar-refractivity contribution in [3.05, 3.63) is 41.7 Å². The van der Waals surface area contributed by atoms with E-state index in [2.05, 4.69) is 20.9 Å². The summed E-state index contributed by atoms with van der Waals surface area (Å²) in [4.78, 5) is 12.2. The van der Waals surface area contributed by atoms with Gasteiger partial charge in [-0.25, -0.2) is 4.68 Å². The first kappa shape index (κ1) is 18.3. The summed E-state index contributed by atoms with van der Waals surface area (Å²) in [6.07, 6.45) is 2.80. The van der Waals surface area contributed by atoms with Gasteiger partial charge in [-0.3, -0.25) is 4.79 Å². The van der Waals surface area contributed by atoms with Crippen molar-refractivity contribution in [2.24, 2.45) is 0 Å². The molecule has 0 bridgehead atoms. The number of carbonyl (C=O) groups is 1. The summed E-state index contributed by atoms with van der Waals surface area (Å²) in [5.41, 5.74) is 1.34. The Bertz CT molecular complexity index is 727. The number of benzene rings is 1. The number of nitrogens with zero attached hydrogens (tertiary/aromatic N) is 3. The summed E-state index contributed by atoms with van der Waals surface area (Å²) in [5.74, 6) is 0.347. The number of carbonyl (C=O) groups excluding carboxylic acids is 1. The van der Waals surface area contributed by atoms with Gasteiger partial charge in [0.2, 0.25) is 0 Å². The third-order valence-electron chi connectivity index (χ3n) is 4.36. The van der Waals surface area contributed by atoms with Crippen LogP contribution in [0.3, 0.4) is 0 Å². The molecule has 1 saturated heterocycles. The summed E-state index contributed by atoms with van der Waals surface area (Å²) >= 11 is 0. The maximum absolute atomic E-state index is 12.2. The predicted octanol–water partition coefficient (Wildman–Crippen LogP) is 0.681. The highest BCUT2D eigenvalue weighted by Gasteiger charge is 2.19. The number of aliphatic hydroxyl groups excluding tert-OH is 1. The lowest BCUT2D eigenvalue weighted by molar-refractivity contribution is 0.0839. The second kappa shape index (κ2) is 8.77. The number of rotatable bonds is 7. The van der Waals surface area contributed by atoms with E-state index in [0.717, 1.165) is 31.5 Å². The highest BCUT2D eigenvalue weighted by Crippen LogP contribution is 2.17. The Hall–Kier alpha value is -2.45. The number of hydrogen-bond acceptors (Lipinski definition) is 6. The van der Waals surface area contributed by atoms with Gasteiger partial charge >= 0.3 is 0 Å². The maximum Gasteiger partial charge on any atom is 0.273 e. The molecule has 1 aromatic carbocycles.